The molecule has 124 valence electrons. The van der Waals surface area contributed by atoms with E-state index in [1.807, 2.05) is 6.92 Å². The summed E-state index contributed by atoms with van der Waals surface area (Å²) in [7, 11) is 2.12. The highest BCUT2D eigenvalue weighted by Gasteiger charge is 2.42. The lowest BCUT2D eigenvalue weighted by Gasteiger charge is -2.17. The average molecular weight is 356 g/mol. The van der Waals surface area contributed by atoms with Gasteiger partial charge in [-0.25, -0.2) is 4.98 Å². The second-order valence-corrected chi connectivity index (χ2v) is 6.14. The molecule has 1 saturated heterocycles. The maximum Gasteiger partial charge on any atom is 0.224 e. The van der Waals surface area contributed by atoms with Crippen LogP contribution in [0.2, 0.25) is 0 Å². The predicted molar refractivity (Wildman–Crippen MR) is 88.6 cm³/mol. The van der Waals surface area contributed by atoms with Crippen molar-refractivity contribution in [3.8, 4) is 0 Å². The lowest BCUT2D eigenvalue weighted by atomic mass is 10.0. The predicted octanol–water partition coefficient (Wildman–Crippen LogP) is 0.684. The van der Waals surface area contributed by atoms with Crippen LogP contribution in [0.4, 0.5) is 11.8 Å². The van der Waals surface area contributed by atoms with Crippen LogP contribution >= 0.6 is 7.58 Å². The fourth-order valence-electron chi connectivity index (χ4n) is 2.75. The van der Waals surface area contributed by atoms with E-state index < -0.39 is 18.4 Å². The molecule has 0 saturated carbocycles. The van der Waals surface area contributed by atoms with Gasteiger partial charge in [0.15, 0.2) is 17.0 Å². The first-order valence-corrected chi connectivity index (χ1v) is 8.85. The van der Waals surface area contributed by atoms with Gasteiger partial charge < -0.3 is 25.4 Å². The minimum Gasteiger partial charge on any atom is -0.390 e. The van der Waals surface area contributed by atoms with Gasteiger partial charge in [0, 0.05) is 13.0 Å². The molecule has 2 aromatic rings. The summed E-state index contributed by atoms with van der Waals surface area (Å²) in [6, 6.07) is 0. The zero-order chi connectivity index (χ0) is 16.6. The van der Waals surface area contributed by atoms with Crippen LogP contribution in [0.3, 0.4) is 0 Å². The van der Waals surface area contributed by atoms with Gasteiger partial charge in [0.05, 0.1) is 19.0 Å². The summed E-state index contributed by atoms with van der Waals surface area (Å²) in [4.78, 5) is 12.7. The number of aliphatic hydroxyl groups is 1. The molecule has 0 unspecified atom stereocenters. The molecule has 0 bridgehead atoms. The summed E-state index contributed by atoms with van der Waals surface area (Å²) < 4.78 is 12.9. The third kappa shape index (κ3) is 2.88. The van der Waals surface area contributed by atoms with Crippen LogP contribution in [0.5, 0.6) is 0 Å². The van der Waals surface area contributed by atoms with Crippen LogP contribution in [0.1, 0.15) is 13.2 Å². The first-order chi connectivity index (χ1) is 11.1. The number of ether oxygens (including phenoxy) is 1. The maximum atomic E-state index is 10.3. The molecule has 0 radical (unpaired) electrons. The van der Waals surface area contributed by atoms with Crippen molar-refractivity contribution in [3.05, 3.63) is 6.33 Å². The standard InChI is InChI=1S/C12H17N6O3PS/c1-5-8(19)6(3-20-22-23)21-11(5)18-4-15-7-9(14-2)16-12(13)17-10(7)18/h4-6,8,11,19H,3H2,1-2H3,(H3,13,14,16,17)/t5-,6+,8-,11+/m0/s1. The van der Waals surface area contributed by atoms with Crippen LogP contribution < -0.4 is 11.1 Å². The van der Waals surface area contributed by atoms with Crippen LogP contribution in [-0.4, -0.2) is 50.5 Å². The van der Waals surface area contributed by atoms with Crippen molar-refractivity contribution in [2.45, 2.75) is 25.4 Å². The van der Waals surface area contributed by atoms with E-state index in [4.69, 9.17) is 26.8 Å². The molecule has 9 nitrogen and oxygen atoms in total. The van der Waals surface area contributed by atoms with Crippen LogP contribution in [0.25, 0.3) is 11.2 Å². The van der Waals surface area contributed by atoms with Crippen molar-refractivity contribution in [3.63, 3.8) is 0 Å². The van der Waals surface area contributed by atoms with E-state index in [1.54, 1.807) is 17.9 Å². The molecule has 23 heavy (non-hydrogen) atoms. The van der Waals surface area contributed by atoms with Gasteiger partial charge in [0.2, 0.25) is 5.95 Å². The first-order valence-electron chi connectivity index (χ1n) is 7.02. The molecule has 1 aliphatic heterocycles. The third-order valence-electron chi connectivity index (χ3n) is 3.92. The van der Waals surface area contributed by atoms with Gasteiger partial charge in [-0.3, -0.25) is 4.57 Å². The normalized spacial score (nSPS) is 27.8. The molecule has 0 aliphatic carbocycles. The second kappa shape index (κ2) is 6.58. The number of hydrogen-bond donors (Lipinski definition) is 3. The Balaban J connectivity index is 1.97. The molecule has 11 heteroatoms. The third-order valence-corrected chi connectivity index (χ3v) is 4.50. The fourth-order valence-corrected chi connectivity index (χ4v) is 3.14. The monoisotopic (exact) mass is 356 g/mol. The maximum absolute atomic E-state index is 10.3. The minimum atomic E-state index is -0.669. The Morgan fingerprint density at radius 3 is 3.04 bits per heavy atom. The molecular weight excluding hydrogens is 339 g/mol. The Morgan fingerprint density at radius 2 is 2.35 bits per heavy atom. The number of fused-ring (bicyclic) bond motifs is 1. The van der Waals surface area contributed by atoms with E-state index in [0.717, 1.165) is 0 Å². The van der Waals surface area contributed by atoms with E-state index >= 15 is 0 Å². The Bertz CT molecular complexity index is 728. The van der Waals surface area contributed by atoms with E-state index in [0.29, 0.717) is 24.6 Å². The molecule has 1 fully saturated rings. The van der Waals surface area contributed by atoms with Crippen molar-refractivity contribution in [1.29, 1.82) is 0 Å². The molecule has 3 heterocycles. The number of imidazole rings is 1. The van der Waals surface area contributed by atoms with E-state index in [-0.39, 0.29) is 18.5 Å². The number of hydrogen-bond acceptors (Lipinski definition) is 9. The summed E-state index contributed by atoms with van der Waals surface area (Å²) in [6.07, 6.45) is 0.0645. The minimum absolute atomic E-state index is 0.139. The van der Waals surface area contributed by atoms with E-state index in [9.17, 15) is 5.11 Å². The SMILES string of the molecule is CNc1nc(N)nc2c1ncn2[C@@H]1O[C@H](COP=S)[C@@H](O)[C@@H]1C. The van der Waals surface area contributed by atoms with Crippen molar-refractivity contribution in [2.24, 2.45) is 5.92 Å². The smallest absolute Gasteiger partial charge is 0.224 e. The Kier molecular flexibility index (Phi) is 4.69. The van der Waals surface area contributed by atoms with Crippen LogP contribution in [0, 0.1) is 5.92 Å². The molecule has 4 N–H and O–H groups in total. The van der Waals surface area contributed by atoms with Crippen molar-refractivity contribution >= 4 is 42.3 Å². The van der Waals surface area contributed by atoms with Gasteiger partial charge in [-0.1, -0.05) is 6.92 Å². The zero-order valence-electron chi connectivity index (χ0n) is 12.6. The lowest BCUT2D eigenvalue weighted by molar-refractivity contribution is -0.0372. The van der Waals surface area contributed by atoms with Crippen LogP contribution in [-0.2, 0) is 21.1 Å². The summed E-state index contributed by atoms with van der Waals surface area (Å²) >= 11 is 4.73. The zero-order valence-corrected chi connectivity index (χ0v) is 14.3. The molecule has 0 spiro atoms. The summed E-state index contributed by atoms with van der Waals surface area (Å²) in [6.45, 7) is 2.13. The second-order valence-electron chi connectivity index (χ2n) is 5.29. The van der Waals surface area contributed by atoms with Gasteiger partial charge >= 0.3 is 0 Å². The van der Waals surface area contributed by atoms with Crippen molar-refractivity contribution in [2.75, 3.05) is 24.7 Å². The fraction of sp³-hybridized carbons (Fsp3) is 0.583. The highest BCUT2D eigenvalue weighted by molar-refractivity contribution is 7.94. The Hall–Kier alpha value is -1.45. The molecule has 2 aromatic heterocycles. The number of nitrogens with zero attached hydrogens (tertiary/aromatic N) is 4. The quantitative estimate of drug-likeness (QED) is 0.664. The summed E-state index contributed by atoms with van der Waals surface area (Å²) in [5, 5.41) is 13.3. The van der Waals surface area contributed by atoms with Gasteiger partial charge in [-0.15, -0.1) is 0 Å². The van der Waals surface area contributed by atoms with Gasteiger partial charge in [0.1, 0.15) is 19.9 Å². The van der Waals surface area contributed by atoms with E-state index in [1.165, 1.54) is 0 Å². The highest BCUT2D eigenvalue weighted by atomic mass is 32.4. The number of aromatic nitrogens is 4. The molecular formula is C12H17N6O3PS. The molecule has 1 aliphatic rings. The molecule has 0 amide bonds. The summed E-state index contributed by atoms with van der Waals surface area (Å²) in [5.74, 6) is 0.513. The number of aliphatic hydroxyl groups excluding tert-OH is 1. The van der Waals surface area contributed by atoms with E-state index in [2.05, 4.69) is 20.3 Å². The Labute approximate surface area is 139 Å². The first kappa shape index (κ1) is 16.4. The average Bonchev–Trinajstić information content (AvgIpc) is 3.07. The number of nitrogens with two attached hydrogens (primary N) is 1. The van der Waals surface area contributed by atoms with Gasteiger partial charge in [0.25, 0.3) is 0 Å². The highest BCUT2D eigenvalue weighted by Crippen LogP contribution is 2.37. The largest absolute Gasteiger partial charge is 0.390 e. The van der Waals surface area contributed by atoms with Crippen molar-refractivity contribution < 1.29 is 14.4 Å². The number of rotatable bonds is 5. The Morgan fingerprint density at radius 1 is 1.57 bits per heavy atom. The number of nitrogens with one attached hydrogen (secondary N) is 1. The summed E-state index contributed by atoms with van der Waals surface area (Å²) in [5.41, 5.74) is 6.90. The lowest BCUT2D eigenvalue weighted by Crippen LogP contribution is -2.28. The number of nitrogen functional groups attached to an aromatic ring is 1. The van der Waals surface area contributed by atoms with Gasteiger partial charge in [-0.2, -0.15) is 9.97 Å². The topological polar surface area (TPSA) is 120 Å². The van der Waals surface area contributed by atoms with Crippen molar-refractivity contribution in [1.82, 2.24) is 19.5 Å². The molecule has 4 atom stereocenters. The molecule has 3 rings (SSSR count). The number of anilines is 2. The van der Waals surface area contributed by atoms with Crippen LogP contribution in [0.15, 0.2) is 6.33 Å². The van der Waals surface area contributed by atoms with Gasteiger partial charge in [-0.05, 0) is 11.8 Å². The molecule has 0 aromatic carbocycles.